The minimum Gasteiger partial charge on any atom is -0.456 e. The van der Waals surface area contributed by atoms with Gasteiger partial charge in [0.15, 0.2) is 0 Å². The third kappa shape index (κ3) is 6.66. The molecule has 0 aromatic heterocycles. The molecule has 0 aromatic carbocycles. The third-order valence-electron chi connectivity index (χ3n) is 2.22. The Morgan fingerprint density at radius 3 is 2.40 bits per heavy atom. The molecule has 5 nitrogen and oxygen atoms in total. The molecular weight excluding hydrogens is 219 g/mol. The summed E-state index contributed by atoms with van der Waals surface area (Å²) in [5, 5.41) is 0. The van der Waals surface area contributed by atoms with Crippen LogP contribution in [-0.2, 0) is 9.30 Å². The topological polar surface area (TPSA) is 83.8 Å². The van der Waals surface area contributed by atoms with Crippen molar-refractivity contribution in [2.45, 2.75) is 39.5 Å². The average molecular weight is 238 g/mol. The SMILES string of the molecule is CCCCC(CC)COC(=O)P(=O)(O)O. The Balaban J connectivity index is 3.90. The first-order chi connectivity index (χ1) is 6.91. The van der Waals surface area contributed by atoms with E-state index in [-0.39, 0.29) is 12.5 Å². The van der Waals surface area contributed by atoms with E-state index in [0.29, 0.717) is 0 Å². The zero-order chi connectivity index (χ0) is 11.9. The number of hydrogen-bond acceptors (Lipinski definition) is 3. The van der Waals surface area contributed by atoms with E-state index in [1.807, 2.05) is 6.92 Å². The van der Waals surface area contributed by atoms with Gasteiger partial charge in [-0.2, -0.15) is 0 Å². The smallest absolute Gasteiger partial charge is 0.433 e. The predicted molar refractivity (Wildman–Crippen MR) is 56.7 cm³/mol. The van der Waals surface area contributed by atoms with Crippen molar-refractivity contribution < 1.29 is 23.9 Å². The van der Waals surface area contributed by atoms with E-state index in [4.69, 9.17) is 9.79 Å². The van der Waals surface area contributed by atoms with Crippen molar-refractivity contribution in [3.63, 3.8) is 0 Å². The van der Waals surface area contributed by atoms with Crippen LogP contribution in [-0.4, -0.2) is 22.1 Å². The van der Waals surface area contributed by atoms with Crippen LogP contribution in [0.3, 0.4) is 0 Å². The van der Waals surface area contributed by atoms with Gasteiger partial charge in [-0.1, -0.05) is 33.1 Å². The van der Waals surface area contributed by atoms with Gasteiger partial charge in [0.05, 0.1) is 6.61 Å². The quantitative estimate of drug-likeness (QED) is 0.666. The number of unbranched alkanes of at least 4 members (excludes halogenated alkanes) is 1. The summed E-state index contributed by atoms with van der Waals surface area (Å²) in [5.74, 6) is 0.195. The fourth-order valence-electron chi connectivity index (χ4n) is 1.17. The van der Waals surface area contributed by atoms with Crippen molar-refractivity contribution in [2.24, 2.45) is 5.92 Å². The molecule has 0 saturated heterocycles. The molecule has 0 bridgehead atoms. The summed E-state index contributed by atoms with van der Waals surface area (Å²) in [7, 11) is -4.71. The molecule has 0 spiro atoms. The van der Waals surface area contributed by atoms with Crippen molar-refractivity contribution in [1.29, 1.82) is 0 Å². The van der Waals surface area contributed by atoms with Crippen LogP contribution in [0.15, 0.2) is 0 Å². The summed E-state index contributed by atoms with van der Waals surface area (Å²) in [6, 6.07) is 0. The standard InChI is InChI=1S/C9H19O5P/c1-3-5-6-8(4-2)7-14-9(10)15(11,12)13/h8H,3-7H2,1-2H3,(H2,11,12,13). The molecule has 90 valence electrons. The molecule has 0 fully saturated rings. The molecule has 0 aliphatic carbocycles. The maximum atomic E-state index is 10.8. The Bertz CT molecular complexity index is 235. The van der Waals surface area contributed by atoms with E-state index in [2.05, 4.69) is 11.7 Å². The lowest BCUT2D eigenvalue weighted by molar-refractivity contribution is 0.138. The molecule has 0 aromatic rings. The van der Waals surface area contributed by atoms with Gasteiger partial charge in [-0.3, -0.25) is 0 Å². The maximum absolute atomic E-state index is 10.8. The highest BCUT2D eigenvalue weighted by Crippen LogP contribution is 2.37. The van der Waals surface area contributed by atoms with Crippen molar-refractivity contribution in [3.05, 3.63) is 0 Å². The highest BCUT2D eigenvalue weighted by atomic mass is 31.2. The summed E-state index contributed by atoms with van der Waals surface area (Å²) in [6.07, 6.45) is 3.85. The Morgan fingerprint density at radius 1 is 1.40 bits per heavy atom. The first kappa shape index (κ1) is 14.6. The van der Waals surface area contributed by atoms with Gasteiger partial charge in [-0.25, -0.2) is 9.36 Å². The fraction of sp³-hybridized carbons (Fsp3) is 0.889. The highest BCUT2D eigenvalue weighted by Gasteiger charge is 2.28. The average Bonchev–Trinajstić information content (AvgIpc) is 2.16. The number of hydrogen-bond donors (Lipinski definition) is 2. The van der Waals surface area contributed by atoms with E-state index in [1.165, 1.54) is 0 Å². The monoisotopic (exact) mass is 238 g/mol. The summed E-state index contributed by atoms with van der Waals surface area (Å²) < 4.78 is 15.0. The molecule has 6 heteroatoms. The number of rotatable bonds is 7. The number of ether oxygens (including phenoxy) is 1. The van der Waals surface area contributed by atoms with Gasteiger partial charge in [-0.15, -0.1) is 0 Å². The van der Waals surface area contributed by atoms with E-state index < -0.39 is 13.3 Å². The van der Waals surface area contributed by atoms with Gasteiger partial charge in [0.1, 0.15) is 0 Å². The van der Waals surface area contributed by atoms with E-state index in [9.17, 15) is 9.36 Å². The largest absolute Gasteiger partial charge is 0.456 e. The first-order valence-corrected chi connectivity index (χ1v) is 6.75. The molecule has 0 aliphatic heterocycles. The summed E-state index contributed by atoms with van der Waals surface area (Å²) >= 11 is 0. The zero-order valence-electron chi connectivity index (χ0n) is 9.18. The third-order valence-corrected chi connectivity index (χ3v) is 2.83. The second-order valence-corrected chi connectivity index (χ2v) is 4.99. The Morgan fingerprint density at radius 2 is 2.00 bits per heavy atom. The van der Waals surface area contributed by atoms with Gasteiger partial charge in [0.2, 0.25) is 0 Å². The lowest BCUT2D eigenvalue weighted by Crippen LogP contribution is -2.12. The Kier molecular flexibility index (Phi) is 6.81. The van der Waals surface area contributed by atoms with Crippen LogP contribution in [0, 0.1) is 5.92 Å². The number of carbonyl (C=O) groups excluding carboxylic acids is 1. The van der Waals surface area contributed by atoms with Crippen LogP contribution in [0.2, 0.25) is 0 Å². The molecule has 0 heterocycles. The second-order valence-electron chi connectivity index (χ2n) is 3.54. The minimum absolute atomic E-state index is 0.0977. The highest BCUT2D eigenvalue weighted by molar-refractivity contribution is 7.69. The molecular formula is C9H19O5P. The van der Waals surface area contributed by atoms with E-state index in [1.54, 1.807) is 0 Å². The predicted octanol–water partition coefficient (Wildman–Crippen LogP) is 2.52. The summed E-state index contributed by atoms with van der Waals surface area (Å²) in [4.78, 5) is 27.7. The van der Waals surface area contributed by atoms with Gasteiger partial charge >= 0.3 is 13.3 Å². The van der Waals surface area contributed by atoms with E-state index in [0.717, 1.165) is 25.7 Å². The van der Waals surface area contributed by atoms with Crippen molar-refractivity contribution >= 4 is 13.3 Å². The van der Waals surface area contributed by atoms with Gasteiger partial charge in [0.25, 0.3) is 0 Å². The van der Waals surface area contributed by atoms with Gasteiger partial charge < -0.3 is 14.5 Å². The Labute approximate surface area is 90.0 Å². The van der Waals surface area contributed by atoms with Crippen LogP contribution in [0.5, 0.6) is 0 Å². The van der Waals surface area contributed by atoms with Crippen LogP contribution in [0.25, 0.3) is 0 Å². The molecule has 15 heavy (non-hydrogen) atoms. The lowest BCUT2D eigenvalue weighted by atomic mass is 10.0. The molecule has 2 N–H and O–H groups in total. The molecule has 1 atom stereocenters. The molecule has 0 saturated carbocycles. The van der Waals surface area contributed by atoms with Crippen molar-refractivity contribution in [1.82, 2.24) is 0 Å². The van der Waals surface area contributed by atoms with Gasteiger partial charge in [-0.05, 0) is 12.3 Å². The maximum Gasteiger partial charge on any atom is 0.433 e. The van der Waals surface area contributed by atoms with Gasteiger partial charge in [0, 0.05) is 0 Å². The summed E-state index contributed by atoms with van der Waals surface area (Å²) in [5.41, 5.74) is -1.42. The normalized spacial score (nSPS) is 13.6. The van der Waals surface area contributed by atoms with E-state index >= 15 is 0 Å². The van der Waals surface area contributed by atoms with Crippen LogP contribution >= 0.6 is 7.60 Å². The summed E-state index contributed by atoms with van der Waals surface area (Å²) in [6.45, 7) is 4.13. The fourth-order valence-corrected chi connectivity index (χ4v) is 1.41. The lowest BCUT2D eigenvalue weighted by Gasteiger charge is -2.14. The van der Waals surface area contributed by atoms with Crippen LogP contribution in [0.1, 0.15) is 39.5 Å². The first-order valence-electron chi connectivity index (χ1n) is 5.14. The molecule has 0 aliphatic rings. The molecule has 0 radical (unpaired) electrons. The zero-order valence-corrected chi connectivity index (χ0v) is 10.1. The minimum atomic E-state index is -4.71. The second kappa shape index (κ2) is 6.99. The van der Waals surface area contributed by atoms with Crippen LogP contribution in [0.4, 0.5) is 4.79 Å². The Hall–Kier alpha value is -0.380. The van der Waals surface area contributed by atoms with Crippen molar-refractivity contribution in [3.8, 4) is 0 Å². The molecule has 0 rings (SSSR count). The number of carbonyl (C=O) groups is 1. The molecule has 0 amide bonds. The van der Waals surface area contributed by atoms with Crippen molar-refractivity contribution in [2.75, 3.05) is 6.61 Å². The van der Waals surface area contributed by atoms with Crippen LogP contribution < -0.4 is 0 Å². The molecule has 1 unspecified atom stereocenters.